The molecule has 8 nitrogen and oxygen atoms in total. The van der Waals surface area contributed by atoms with Crippen molar-refractivity contribution in [1.82, 2.24) is 20.4 Å². The van der Waals surface area contributed by atoms with Gasteiger partial charge in [-0.25, -0.2) is 4.79 Å². The molecule has 1 heterocycles. The molecule has 0 aliphatic carbocycles. The SMILES string of the molecule is CC(C)(C)N(CC(=O)O)C(=O)NCc1ncon1. The Hall–Kier alpha value is -2.12. The minimum atomic E-state index is -1.07. The maximum Gasteiger partial charge on any atom is 0.323 e. The normalized spacial score (nSPS) is 11.1. The maximum atomic E-state index is 11.9. The Morgan fingerprint density at radius 3 is 2.61 bits per heavy atom. The van der Waals surface area contributed by atoms with Crippen LogP contribution in [-0.4, -0.2) is 44.2 Å². The molecule has 2 amide bonds. The van der Waals surface area contributed by atoms with Crippen LogP contribution < -0.4 is 5.32 Å². The molecule has 0 aliphatic rings. The van der Waals surface area contributed by atoms with Crippen molar-refractivity contribution in [3.05, 3.63) is 12.2 Å². The smallest absolute Gasteiger partial charge is 0.323 e. The van der Waals surface area contributed by atoms with Crippen molar-refractivity contribution in [3.63, 3.8) is 0 Å². The number of hydrogen-bond acceptors (Lipinski definition) is 5. The molecule has 100 valence electrons. The number of carboxylic acids is 1. The first-order chi connectivity index (χ1) is 8.30. The number of carbonyl (C=O) groups is 2. The zero-order valence-corrected chi connectivity index (χ0v) is 10.5. The molecule has 0 aromatic carbocycles. The average Bonchev–Trinajstić information content (AvgIpc) is 2.73. The molecular formula is C10H16N4O4. The molecule has 0 saturated heterocycles. The van der Waals surface area contributed by atoms with Crippen LogP contribution in [0.15, 0.2) is 10.9 Å². The number of carboxylic acid groups (broad SMARTS) is 1. The summed E-state index contributed by atoms with van der Waals surface area (Å²) in [5, 5.41) is 14.9. The minimum absolute atomic E-state index is 0.0849. The topological polar surface area (TPSA) is 109 Å². The van der Waals surface area contributed by atoms with Gasteiger partial charge < -0.3 is 19.8 Å². The van der Waals surface area contributed by atoms with Crippen LogP contribution in [0.25, 0.3) is 0 Å². The lowest BCUT2D eigenvalue weighted by Crippen LogP contribution is -2.52. The third-order valence-electron chi connectivity index (χ3n) is 2.15. The zero-order valence-electron chi connectivity index (χ0n) is 10.5. The first-order valence-corrected chi connectivity index (χ1v) is 5.33. The number of carbonyl (C=O) groups excluding carboxylic acids is 1. The van der Waals surface area contributed by atoms with E-state index in [0.29, 0.717) is 5.82 Å². The van der Waals surface area contributed by atoms with Gasteiger partial charge in [0.15, 0.2) is 5.82 Å². The molecule has 1 aromatic heterocycles. The molecule has 0 radical (unpaired) electrons. The summed E-state index contributed by atoms with van der Waals surface area (Å²) in [6, 6.07) is -0.491. The zero-order chi connectivity index (χ0) is 13.8. The quantitative estimate of drug-likeness (QED) is 0.810. The molecule has 18 heavy (non-hydrogen) atoms. The molecule has 8 heteroatoms. The fraction of sp³-hybridized carbons (Fsp3) is 0.600. The van der Waals surface area contributed by atoms with Crippen LogP contribution in [-0.2, 0) is 11.3 Å². The third-order valence-corrected chi connectivity index (χ3v) is 2.15. The van der Waals surface area contributed by atoms with Crippen LogP contribution in [0.3, 0.4) is 0 Å². The van der Waals surface area contributed by atoms with Gasteiger partial charge in [-0.15, -0.1) is 0 Å². The molecule has 0 saturated carbocycles. The van der Waals surface area contributed by atoms with Crippen molar-refractivity contribution >= 4 is 12.0 Å². The average molecular weight is 256 g/mol. The Kier molecular flexibility index (Phi) is 4.24. The summed E-state index contributed by atoms with van der Waals surface area (Å²) in [7, 11) is 0. The largest absolute Gasteiger partial charge is 0.480 e. The highest BCUT2D eigenvalue weighted by Crippen LogP contribution is 2.12. The number of rotatable bonds is 4. The Labute approximate surface area is 104 Å². The van der Waals surface area contributed by atoms with Crippen molar-refractivity contribution in [2.24, 2.45) is 0 Å². The van der Waals surface area contributed by atoms with Crippen molar-refractivity contribution in [2.75, 3.05) is 6.54 Å². The Bertz CT molecular complexity index is 410. The van der Waals surface area contributed by atoms with Crippen LogP contribution >= 0.6 is 0 Å². The van der Waals surface area contributed by atoms with Gasteiger partial charge >= 0.3 is 12.0 Å². The lowest BCUT2D eigenvalue weighted by Gasteiger charge is -2.34. The van der Waals surface area contributed by atoms with E-state index in [1.165, 1.54) is 4.90 Å². The first kappa shape index (κ1) is 13.9. The fourth-order valence-corrected chi connectivity index (χ4v) is 1.27. The number of urea groups is 1. The summed E-state index contributed by atoms with van der Waals surface area (Å²) in [4.78, 5) is 27.6. The van der Waals surface area contributed by atoms with E-state index in [0.717, 1.165) is 6.39 Å². The lowest BCUT2D eigenvalue weighted by atomic mass is 10.1. The first-order valence-electron chi connectivity index (χ1n) is 5.33. The molecule has 1 rings (SSSR count). The summed E-state index contributed by atoms with van der Waals surface area (Å²) >= 11 is 0. The lowest BCUT2D eigenvalue weighted by molar-refractivity contribution is -0.138. The molecule has 0 atom stereocenters. The summed E-state index contributed by atoms with van der Waals surface area (Å²) in [5.74, 6) is -0.743. The molecule has 2 N–H and O–H groups in total. The number of aliphatic carboxylic acids is 1. The van der Waals surface area contributed by atoms with Gasteiger partial charge in [0, 0.05) is 5.54 Å². The summed E-state index contributed by atoms with van der Waals surface area (Å²) in [6.45, 7) is 4.97. The summed E-state index contributed by atoms with van der Waals surface area (Å²) < 4.78 is 4.52. The number of nitrogens with zero attached hydrogens (tertiary/aromatic N) is 3. The summed E-state index contributed by atoms with van der Waals surface area (Å²) in [5.41, 5.74) is -0.597. The van der Waals surface area contributed by atoms with Gasteiger partial charge in [0.1, 0.15) is 6.54 Å². The summed E-state index contributed by atoms with van der Waals surface area (Å²) in [6.07, 6.45) is 1.15. The predicted octanol–water partition coefficient (Wildman–Crippen LogP) is 0.464. The molecule has 0 unspecified atom stereocenters. The number of amides is 2. The van der Waals surface area contributed by atoms with E-state index < -0.39 is 17.5 Å². The molecular weight excluding hydrogens is 240 g/mol. The van der Waals surface area contributed by atoms with Crippen molar-refractivity contribution in [2.45, 2.75) is 32.9 Å². The molecule has 1 aromatic rings. The van der Waals surface area contributed by atoms with E-state index in [9.17, 15) is 9.59 Å². The standard InChI is InChI=1S/C10H16N4O4/c1-10(2,3)14(5-8(15)16)9(17)11-4-7-12-6-18-13-7/h6H,4-5H2,1-3H3,(H,11,17)(H,15,16). The van der Waals surface area contributed by atoms with Crippen LogP contribution in [0.5, 0.6) is 0 Å². The van der Waals surface area contributed by atoms with Crippen LogP contribution in [0, 0.1) is 0 Å². The number of hydrogen-bond donors (Lipinski definition) is 2. The van der Waals surface area contributed by atoms with Crippen molar-refractivity contribution in [1.29, 1.82) is 0 Å². The van der Waals surface area contributed by atoms with Crippen LogP contribution in [0.1, 0.15) is 26.6 Å². The van der Waals surface area contributed by atoms with Gasteiger partial charge in [-0.05, 0) is 20.8 Å². The van der Waals surface area contributed by atoms with Crippen molar-refractivity contribution in [3.8, 4) is 0 Å². The molecule has 0 aliphatic heterocycles. The second-order valence-corrected chi connectivity index (χ2v) is 4.66. The Morgan fingerprint density at radius 2 is 2.17 bits per heavy atom. The van der Waals surface area contributed by atoms with E-state index in [4.69, 9.17) is 5.11 Å². The second kappa shape index (κ2) is 5.48. The van der Waals surface area contributed by atoms with Gasteiger partial charge in [-0.2, -0.15) is 4.98 Å². The van der Waals surface area contributed by atoms with Crippen molar-refractivity contribution < 1.29 is 19.2 Å². The second-order valence-electron chi connectivity index (χ2n) is 4.66. The number of nitrogens with one attached hydrogen (secondary N) is 1. The highest BCUT2D eigenvalue weighted by atomic mass is 16.5. The van der Waals surface area contributed by atoms with Gasteiger partial charge in [-0.1, -0.05) is 5.16 Å². The van der Waals surface area contributed by atoms with Crippen LogP contribution in [0.2, 0.25) is 0 Å². The van der Waals surface area contributed by atoms with Gasteiger partial charge in [-0.3, -0.25) is 4.79 Å². The van der Waals surface area contributed by atoms with Gasteiger partial charge in [0.25, 0.3) is 0 Å². The highest BCUT2D eigenvalue weighted by molar-refractivity contribution is 5.80. The Balaban J connectivity index is 2.62. The highest BCUT2D eigenvalue weighted by Gasteiger charge is 2.28. The van der Waals surface area contributed by atoms with E-state index in [1.54, 1.807) is 20.8 Å². The van der Waals surface area contributed by atoms with E-state index in [2.05, 4.69) is 20.0 Å². The predicted molar refractivity (Wildman–Crippen MR) is 60.6 cm³/mol. The number of aromatic nitrogens is 2. The fourth-order valence-electron chi connectivity index (χ4n) is 1.27. The van der Waals surface area contributed by atoms with Crippen LogP contribution in [0.4, 0.5) is 4.79 Å². The third kappa shape index (κ3) is 4.04. The Morgan fingerprint density at radius 1 is 1.50 bits per heavy atom. The van der Waals surface area contributed by atoms with E-state index in [-0.39, 0.29) is 13.1 Å². The molecule has 0 spiro atoms. The minimum Gasteiger partial charge on any atom is -0.480 e. The molecule has 0 bridgehead atoms. The maximum absolute atomic E-state index is 11.9. The van der Waals surface area contributed by atoms with E-state index >= 15 is 0 Å². The molecule has 0 fully saturated rings. The van der Waals surface area contributed by atoms with E-state index in [1.807, 2.05) is 0 Å². The van der Waals surface area contributed by atoms with Gasteiger partial charge in [0.05, 0.1) is 6.54 Å². The monoisotopic (exact) mass is 256 g/mol. The van der Waals surface area contributed by atoms with Gasteiger partial charge in [0.2, 0.25) is 6.39 Å².